The molecule has 0 bridgehead atoms. The summed E-state index contributed by atoms with van der Waals surface area (Å²) in [4.78, 5) is 10.3. The van der Waals surface area contributed by atoms with E-state index in [-0.39, 0.29) is 5.56 Å². The maximum absolute atomic E-state index is 12.7. The van der Waals surface area contributed by atoms with Crippen molar-refractivity contribution in [2.45, 2.75) is 19.1 Å². The normalized spacial score (nSPS) is 12.3. The number of hydrogen-bond acceptors (Lipinski definition) is 3. The fourth-order valence-corrected chi connectivity index (χ4v) is 2.40. The van der Waals surface area contributed by atoms with Gasteiger partial charge in [0.2, 0.25) is 10.0 Å². The van der Waals surface area contributed by atoms with Crippen LogP contribution < -0.4 is 4.72 Å². The van der Waals surface area contributed by atoms with Crippen molar-refractivity contribution < 1.29 is 31.5 Å². The zero-order chi connectivity index (χ0) is 15.4. The van der Waals surface area contributed by atoms with Gasteiger partial charge in [0.1, 0.15) is 0 Å². The first kappa shape index (κ1) is 16.4. The highest BCUT2D eigenvalue weighted by molar-refractivity contribution is 7.89. The van der Waals surface area contributed by atoms with Crippen molar-refractivity contribution in [3.05, 3.63) is 35.4 Å². The summed E-state index contributed by atoms with van der Waals surface area (Å²) in [6, 6.07) is 4.56. The van der Waals surface area contributed by atoms with E-state index in [9.17, 15) is 26.4 Å². The van der Waals surface area contributed by atoms with Crippen LogP contribution in [0.25, 0.3) is 0 Å². The molecule has 112 valence electrons. The second-order valence-corrected chi connectivity index (χ2v) is 5.87. The maximum atomic E-state index is 12.7. The third kappa shape index (κ3) is 5.17. The molecule has 0 atom stereocenters. The minimum atomic E-state index is -4.58. The molecule has 20 heavy (non-hydrogen) atoms. The molecular weight excluding hydrogens is 299 g/mol. The summed E-state index contributed by atoms with van der Waals surface area (Å²) in [5.41, 5.74) is -1.15. The summed E-state index contributed by atoms with van der Waals surface area (Å²) in [7, 11) is -3.94. The van der Waals surface area contributed by atoms with Crippen LogP contribution in [-0.4, -0.2) is 25.2 Å². The lowest BCUT2D eigenvalue weighted by Gasteiger charge is -2.13. The number of carbonyl (C=O) groups is 1. The quantitative estimate of drug-likeness (QED) is 0.836. The molecule has 0 unspecified atom stereocenters. The molecular formula is C11H12F3NO4S. The van der Waals surface area contributed by atoms with Gasteiger partial charge in [-0.2, -0.15) is 13.2 Å². The van der Waals surface area contributed by atoms with Crippen molar-refractivity contribution >= 4 is 16.0 Å². The molecule has 0 amide bonds. The largest absolute Gasteiger partial charge is 0.481 e. The number of sulfonamides is 1. The van der Waals surface area contributed by atoms with E-state index in [4.69, 9.17) is 5.11 Å². The Labute approximate surface area is 113 Å². The number of aliphatic carboxylic acids is 1. The molecule has 0 aliphatic heterocycles. The molecule has 0 saturated heterocycles. The number of hydrogen-bond donors (Lipinski definition) is 2. The Balaban J connectivity index is 2.78. The van der Waals surface area contributed by atoms with Gasteiger partial charge in [0.25, 0.3) is 0 Å². The minimum Gasteiger partial charge on any atom is -0.481 e. The van der Waals surface area contributed by atoms with Crippen LogP contribution in [0.4, 0.5) is 13.2 Å². The van der Waals surface area contributed by atoms with Crippen molar-refractivity contribution in [1.29, 1.82) is 0 Å². The molecule has 0 saturated carbocycles. The van der Waals surface area contributed by atoms with Crippen molar-refractivity contribution in [1.82, 2.24) is 4.72 Å². The van der Waals surface area contributed by atoms with Crippen LogP contribution in [0.1, 0.15) is 17.5 Å². The van der Waals surface area contributed by atoms with E-state index in [0.29, 0.717) is 0 Å². The van der Waals surface area contributed by atoms with Crippen LogP contribution in [0.2, 0.25) is 0 Å². The summed E-state index contributed by atoms with van der Waals surface area (Å²) in [5, 5.41) is 8.37. The third-order valence-electron chi connectivity index (χ3n) is 2.39. The molecule has 0 aromatic heterocycles. The smallest absolute Gasteiger partial charge is 0.416 e. The third-order valence-corrected chi connectivity index (χ3v) is 3.72. The van der Waals surface area contributed by atoms with E-state index >= 15 is 0 Å². The number of alkyl halides is 3. The number of halogens is 3. The fourth-order valence-electron chi connectivity index (χ4n) is 1.43. The first-order valence-corrected chi connectivity index (χ1v) is 7.11. The molecule has 0 aliphatic carbocycles. The summed E-state index contributed by atoms with van der Waals surface area (Å²) in [6.07, 6.45) is -5.20. The van der Waals surface area contributed by atoms with Gasteiger partial charge in [0, 0.05) is 6.54 Å². The van der Waals surface area contributed by atoms with Gasteiger partial charge in [0.05, 0.1) is 17.7 Å². The summed E-state index contributed by atoms with van der Waals surface area (Å²) >= 11 is 0. The van der Waals surface area contributed by atoms with Gasteiger partial charge in [0.15, 0.2) is 0 Å². The molecule has 0 radical (unpaired) electrons. The highest BCUT2D eigenvalue weighted by Crippen LogP contribution is 2.31. The lowest BCUT2D eigenvalue weighted by molar-refractivity contribution is -0.138. The number of rotatable bonds is 6. The predicted molar refractivity (Wildman–Crippen MR) is 64.3 cm³/mol. The number of benzene rings is 1. The Morgan fingerprint density at radius 2 is 1.85 bits per heavy atom. The van der Waals surface area contributed by atoms with Crippen molar-refractivity contribution in [2.75, 3.05) is 5.75 Å². The van der Waals surface area contributed by atoms with E-state index in [2.05, 4.69) is 0 Å². The van der Waals surface area contributed by atoms with Crippen molar-refractivity contribution in [3.63, 3.8) is 0 Å². The second kappa shape index (κ2) is 6.23. The van der Waals surface area contributed by atoms with Crippen LogP contribution in [0.15, 0.2) is 24.3 Å². The monoisotopic (exact) mass is 311 g/mol. The fraction of sp³-hybridized carbons (Fsp3) is 0.364. The summed E-state index contributed by atoms with van der Waals surface area (Å²) in [5.74, 6) is -1.98. The van der Waals surface area contributed by atoms with Gasteiger partial charge in [-0.15, -0.1) is 0 Å². The molecule has 1 rings (SSSR count). The predicted octanol–water partition coefficient (Wildman–Crippen LogP) is 1.60. The van der Waals surface area contributed by atoms with E-state index < -0.39 is 46.5 Å². The number of nitrogens with one attached hydrogen (secondary N) is 1. The average Bonchev–Trinajstić information content (AvgIpc) is 2.34. The Hall–Kier alpha value is -1.61. The maximum Gasteiger partial charge on any atom is 0.416 e. The van der Waals surface area contributed by atoms with E-state index in [1.165, 1.54) is 12.1 Å². The van der Waals surface area contributed by atoms with Crippen LogP contribution in [0, 0.1) is 0 Å². The van der Waals surface area contributed by atoms with Gasteiger partial charge in [-0.05, 0) is 11.6 Å². The van der Waals surface area contributed by atoms with Gasteiger partial charge in [-0.25, -0.2) is 13.1 Å². The van der Waals surface area contributed by atoms with E-state index in [0.717, 1.165) is 12.1 Å². The van der Waals surface area contributed by atoms with Gasteiger partial charge in [-0.3, -0.25) is 4.79 Å². The SMILES string of the molecule is O=C(O)CCS(=O)(=O)NCc1ccccc1C(F)(F)F. The van der Waals surface area contributed by atoms with Crippen LogP contribution in [0.3, 0.4) is 0 Å². The number of carboxylic acid groups (broad SMARTS) is 1. The van der Waals surface area contributed by atoms with Crippen molar-refractivity contribution in [3.8, 4) is 0 Å². The Kier molecular flexibility index (Phi) is 5.12. The summed E-state index contributed by atoms with van der Waals surface area (Å²) in [6.45, 7) is -0.544. The van der Waals surface area contributed by atoms with E-state index in [1.54, 1.807) is 0 Å². The van der Waals surface area contributed by atoms with Gasteiger partial charge in [-0.1, -0.05) is 18.2 Å². The Morgan fingerprint density at radius 3 is 2.40 bits per heavy atom. The zero-order valence-electron chi connectivity index (χ0n) is 10.1. The Morgan fingerprint density at radius 1 is 1.25 bits per heavy atom. The lowest BCUT2D eigenvalue weighted by atomic mass is 10.1. The standard InChI is InChI=1S/C11H12F3NO4S/c12-11(13,14)9-4-2-1-3-8(9)7-15-20(18,19)6-5-10(16)17/h1-4,15H,5-7H2,(H,16,17). The molecule has 0 fully saturated rings. The molecule has 5 nitrogen and oxygen atoms in total. The topological polar surface area (TPSA) is 83.5 Å². The molecule has 0 aliphatic rings. The zero-order valence-corrected chi connectivity index (χ0v) is 11.0. The van der Waals surface area contributed by atoms with E-state index in [1.807, 2.05) is 4.72 Å². The van der Waals surface area contributed by atoms with Crippen LogP contribution in [-0.2, 0) is 27.5 Å². The molecule has 0 heterocycles. The van der Waals surface area contributed by atoms with Crippen LogP contribution >= 0.6 is 0 Å². The number of carboxylic acids is 1. The van der Waals surface area contributed by atoms with Gasteiger partial charge >= 0.3 is 12.1 Å². The second-order valence-electron chi connectivity index (χ2n) is 3.94. The first-order valence-electron chi connectivity index (χ1n) is 5.46. The minimum absolute atomic E-state index is 0.223. The summed E-state index contributed by atoms with van der Waals surface area (Å²) < 4.78 is 62.8. The molecule has 9 heteroatoms. The highest BCUT2D eigenvalue weighted by atomic mass is 32.2. The van der Waals surface area contributed by atoms with Crippen molar-refractivity contribution in [2.24, 2.45) is 0 Å². The average molecular weight is 311 g/mol. The molecule has 1 aromatic carbocycles. The highest BCUT2D eigenvalue weighted by Gasteiger charge is 2.33. The van der Waals surface area contributed by atoms with Crippen LogP contribution in [0.5, 0.6) is 0 Å². The lowest BCUT2D eigenvalue weighted by Crippen LogP contribution is -2.28. The molecule has 1 aromatic rings. The molecule has 0 spiro atoms. The Bertz CT molecular complexity index is 584. The molecule has 2 N–H and O–H groups in total. The first-order chi connectivity index (χ1) is 9.12. The van der Waals surface area contributed by atoms with Gasteiger partial charge < -0.3 is 5.11 Å².